The Bertz CT molecular complexity index is 704. The number of aromatic carboxylic acids is 1. The quantitative estimate of drug-likeness (QED) is 0.885. The van der Waals surface area contributed by atoms with E-state index < -0.39 is 17.7 Å². The number of benzene rings is 1. The lowest BCUT2D eigenvalue weighted by atomic mass is 10.1. The van der Waals surface area contributed by atoms with E-state index in [-0.39, 0.29) is 5.56 Å². The molecule has 6 heteroatoms. The highest BCUT2D eigenvalue weighted by Crippen LogP contribution is 2.26. The average molecular weight is 288 g/mol. The lowest BCUT2D eigenvalue weighted by Gasteiger charge is -2.20. The van der Waals surface area contributed by atoms with Gasteiger partial charge < -0.3 is 9.84 Å². The minimum atomic E-state index is -1.04. The summed E-state index contributed by atoms with van der Waals surface area (Å²) in [7, 11) is 0. The second-order valence-corrected chi connectivity index (χ2v) is 5.51. The topological polar surface area (TPSA) is 88.5 Å². The van der Waals surface area contributed by atoms with Crippen LogP contribution in [0.15, 0.2) is 30.6 Å². The largest absolute Gasteiger partial charge is 0.478 e. The molecule has 1 aromatic carbocycles. The molecule has 6 nitrogen and oxygen atoms in total. The highest BCUT2D eigenvalue weighted by atomic mass is 16.6. The van der Waals surface area contributed by atoms with Crippen LogP contribution in [-0.2, 0) is 4.74 Å². The maximum Gasteiger partial charge on any atom is 0.412 e. The fraction of sp³-hybridized carbons (Fsp3) is 0.267. The smallest absolute Gasteiger partial charge is 0.412 e. The van der Waals surface area contributed by atoms with E-state index in [1.54, 1.807) is 26.8 Å². The third-order valence-electron chi connectivity index (χ3n) is 2.68. The number of hydrogen-bond acceptors (Lipinski definition) is 4. The van der Waals surface area contributed by atoms with Gasteiger partial charge in [0.1, 0.15) is 5.60 Å². The molecule has 110 valence electrons. The van der Waals surface area contributed by atoms with Gasteiger partial charge in [-0.2, -0.15) is 0 Å². The van der Waals surface area contributed by atoms with E-state index in [9.17, 15) is 9.59 Å². The predicted molar refractivity (Wildman–Crippen MR) is 78.6 cm³/mol. The van der Waals surface area contributed by atoms with Crippen LogP contribution in [0.1, 0.15) is 31.1 Å². The van der Waals surface area contributed by atoms with E-state index in [0.717, 1.165) is 0 Å². The third-order valence-corrected chi connectivity index (χ3v) is 2.68. The predicted octanol–water partition coefficient (Wildman–Crippen LogP) is 3.28. The molecule has 1 amide bonds. The molecular weight excluding hydrogens is 272 g/mol. The van der Waals surface area contributed by atoms with Crippen molar-refractivity contribution in [3.8, 4) is 0 Å². The van der Waals surface area contributed by atoms with Gasteiger partial charge in [-0.15, -0.1) is 0 Å². The van der Waals surface area contributed by atoms with E-state index >= 15 is 0 Å². The zero-order valence-electron chi connectivity index (χ0n) is 12.0. The van der Waals surface area contributed by atoms with Crippen molar-refractivity contribution in [3.63, 3.8) is 0 Å². The minimum absolute atomic E-state index is 0.132. The molecule has 2 aromatic rings. The molecular formula is C15H16N2O4. The number of rotatable bonds is 2. The van der Waals surface area contributed by atoms with Gasteiger partial charge in [0.05, 0.1) is 11.3 Å². The molecule has 0 atom stereocenters. The van der Waals surface area contributed by atoms with Crippen molar-refractivity contribution in [2.24, 2.45) is 0 Å². The molecule has 0 saturated carbocycles. The standard InChI is InChI=1S/C15H16N2O4/c1-15(2,3)21-14(20)17-12-5-4-10(13(18)19)11-8-16-7-6-9(11)12/h4-8H,1-3H3,(H,17,20)(H,18,19). The Morgan fingerprint density at radius 1 is 1.19 bits per heavy atom. The van der Waals surface area contributed by atoms with Crippen LogP contribution in [0.25, 0.3) is 10.8 Å². The molecule has 0 saturated heterocycles. The fourth-order valence-electron chi connectivity index (χ4n) is 1.90. The van der Waals surface area contributed by atoms with Gasteiger partial charge in [-0.05, 0) is 39.0 Å². The molecule has 2 N–H and O–H groups in total. The van der Waals surface area contributed by atoms with Crippen LogP contribution in [0.2, 0.25) is 0 Å². The van der Waals surface area contributed by atoms with Gasteiger partial charge in [-0.25, -0.2) is 9.59 Å². The van der Waals surface area contributed by atoms with Crippen molar-refractivity contribution in [1.82, 2.24) is 4.98 Å². The number of pyridine rings is 1. The summed E-state index contributed by atoms with van der Waals surface area (Å²) in [6.07, 6.45) is 2.40. The Kier molecular flexibility index (Phi) is 3.80. The Morgan fingerprint density at radius 3 is 2.52 bits per heavy atom. The van der Waals surface area contributed by atoms with Crippen LogP contribution in [0.4, 0.5) is 10.5 Å². The Hall–Kier alpha value is -2.63. The molecule has 0 bridgehead atoms. The van der Waals surface area contributed by atoms with E-state index in [0.29, 0.717) is 16.5 Å². The van der Waals surface area contributed by atoms with Gasteiger partial charge in [0, 0.05) is 23.2 Å². The van der Waals surface area contributed by atoms with Crippen LogP contribution in [0, 0.1) is 0 Å². The van der Waals surface area contributed by atoms with Crippen LogP contribution >= 0.6 is 0 Å². The summed E-state index contributed by atoms with van der Waals surface area (Å²) in [5, 5.41) is 12.8. The van der Waals surface area contributed by atoms with Gasteiger partial charge in [0.15, 0.2) is 0 Å². The highest BCUT2D eigenvalue weighted by Gasteiger charge is 2.18. The molecule has 1 heterocycles. The van der Waals surface area contributed by atoms with Crippen molar-refractivity contribution >= 4 is 28.5 Å². The minimum Gasteiger partial charge on any atom is -0.478 e. The molecule has 0 fully saturated rings. The SMILES string of the molecule is CC(C)(C)OC(=O)Nc1ccc(C(=O)O)c2cnccc12. The number of hydrogen-bond donors (Lipinski definition) is 2. The zero-order chi connectivity index (χ0) is 15.6. The van der Waals surface area contributed by atoms with Crippen LogP contribution in [0.3, 0.4) is 0 Å². The first-order valence-electron chi connectivity index (χ1n) is 6.38. The molecule has 0 spiro atoms. The first kappa shape index (κ1) is 14.8. The van der Waals surface area contributed by atoms with E-state index in [1.165, 1.54) is 24.5 Å². The van der Waals surface area contributed by atoms with Crippen molar-refractivity contribution < 1.29 is 19.4 Å². The number of aromatic nitrogens is 1. The molecule has 0 radical (unpaired) electrons. The Balaban J connectivity index is 2.40. The maximum atomic E-state index is 11.8. The summed E-state index contributed by atoms with van der Waals surface area (Å²) in [4.78, 5) is 26.9. The average Bonchev–Trinajstić information content (AvgIpc) is 2.36. The van der Waals surface area contributed by atoms with E-state index in [1.807, 2.05) is 0 Å². The van der Waals surface area contributed by atoms with E-state index in [2.05, 4.69) is 10.3 Å². The fourth-order valence-corrected chi connectivity index (χ4v) is 1.90. The first-order valence-corrected chi connectivity index (χ1v) is 6.38. The highest BCUT2D eigenvalue weighted by molar-refractivity contribution is 6.09. The number of nitrogens with zero attached hydrogens (tertiary/aromatic N) is 1. The summed E-state index contributed by atoms with van der Waals surface area (Å²) < 4.78 is 5.19. The van der Waals surface area contributed by atoms with Gasteiger partial charge in [0.25, 0.3) is 0 Å². The molecule has 0 unspecified atom stereocenters. The molecule has 0 aliphatic rings. The van der Waals surface area contributed by atoms with Crippen LogP contribution < -0.4 is 5.32 Å². The van der Waals surface area contributed by atoms with Crippen molar-refractivity contribution in [2.75, 3.05) is 5.32 Å². The summed E-state index contributed by atoms with van der Waals surface area (Å²) in [5.41, 5.74) is 0.00195. The summed E-state index contributed by atoms with van der Waals surface area (Å²) in [6.45, 7) is 5.30. The van der Waals surface area contributed by atoms with Crippen molar-refractivity contribution in [2.45, 2.75) is 26.4 Å². The molecule has 1 aromatic heterocycles. The van der Waals surface area contributed by atoms with Gasteiger partial charge in [-0.3, -0.25) is 10.3 Å². The number of ether oxygens (including phenoxy) is 1. The second-order valence-electron chi connectivity index (χ2n) is 5.51. The third kappa shape index (κ3) is 3.47. The maximum absolute atomic E-state index is 11.8. The van der Waals surface area contributed by atoms with Gasteiger partial charge in [0.2, 0.25) is 0 Å². The Labute approximate surface area is 121 Å². The number of fused-ring (bicyclic) bond motifs is 1. The monoisotopic (exact) mass is 288 g/mol. The molecule has 21 heavy (non-hydrogen) atoms. The second kappa shape index (κ2) is 5.40. The number of anilines is 1. The van der Waals surface area contributed by atoms with Crippen molar-refractivity contribution in [3.05, 3.63) is 36.2 Å². The molecule has 0 aliphatic heterocycles. The van der Waals surface area contributed by atoms with E-state index in [4.69, 9.17) is 9.84 Å². The summed E-state index contributed by atoms with van der Waals surface area (Å²) in [5.74, 6) is -1.04. The summed E-state index contributed by atoms with van der Waals surface area (Å²) >= 11 is 0. The Morgan fingerprint density at radius 2 is 1.90 bits per heavy atom. The number of amides is 1. The number of carbonyl (C=O) groups is 2. The number of carbonyl (C=O) groups excluding carboxylic acids is 1. The number of carboxylic acid groups (broad SMARTS) is 1. The summed E-state index contributed by atoms with van der Waals surface area (Å²) in [6, 6.07) is 4.61. The van der Waals surface area contributed by atoms with Gasteiger partial charge in [-0.1, -0.05) is 0 Å². The van der Waals surface area contributed by atoms with Gasteiger partial charge >= 0.3 is 12.1 Å². The number of nitrogens with one attached hydrogen (secondary N) is 1. The molecule has 2 rings (SSSR count). The van der Waals surface area contributed by atoms with Crippen LogP contribution in [-0.4, -0.2) is 27.8 Å². The lowest BCUT2D eigenvalue weighted by Crippen LogP contribution is -2.27. The zero-order valence-corrected chi connectivity index (χ0v) is 12.0. The van der Waals surface area contributed by atoms with Crippen molar-refractivity contribution in [1.29, 1.82) is 0 Å². The first-order chi connectivity index (χ1) is 9.78. The normalized spacial score (nSPS) is 11.2. The number of carboxylic acids is 1. The molecule has 0 aliphatic carbocycles. The lowest BCUT2D eigenvalue weighted by molar-refractivity contribution is 0.0634. The van der Waals surface area contributed by atoms with Crippen LogP contribution in [0.5, 0.6) is 0 Å².